The first-order valence-corrected chi connectivity index (χ1v) is 15.8. The Hall–Kier alpha value is -2.90. The van der Waals surface area contributed by atoms with Crippen molar-refractivity contribution in [2.45, 2.75) is 31.5 Å². The van der Waals surface area contributed by atoms with Crippen molar-refractivity contribution in [1.82, 2.24) is 0 Å². The van der Waals surface area contributed by atoms with Crippen LogP contribution in [0, 0.1) is 0 Å². The number of unbranched alkanes of at least 4 members (excludes halogenated alkanes) is 1. The Bertz CT molecular complexity index is 1140. The Morgan fingerprint density at radius 2 is 1.03 bits per heavy atom. The summed E-state index contributed by atoms with van der Waals surface area (Å²) in [6.45, 7) is 0.544. The van der Waals surface area contributed by atoms with Gasteiger partial charge in [-0.1, -0.05) is 119 Å². The third-order valence-corrected chi connectivity index (χ3v) is 8.72. The van der Waals surface area contributed by atoms with Crippen LogP contribution in [-0.4, -0.2) is 47.1 Å². The summed E-state index contributed by atoms with van der Waals surface area (Å²) < 4.78 is 11.9. The molecular weight excluding hydrogens is 524 g/mol. The number of benzene rings is 4. The van der Waals surface area contributed by atoms with Gasteiger partial charge in [-0.25, -0.2) is 0 Å². The highest BCUT2D eigenvalue weighted by Gasteiger charge is 2.11. The molecule has 0 aromatic heterocycles. The lowest BCUT2D eigenvalue weighted by molar-refractivity contribution is 0.0984. The van der Waals surface area contributed by atoms with Crippen LogP contribution in [0.3, 0.4) is 0 Å². The van der Waals surface area contributed by atoms with Gasteiger partial charge in [-0.2, -0.15) is 0 Å². The van der Waals surface area contributed by atoms with E-state index in [0.29, 0.717) is 12.2 Å². The van der Waals surface area contributed by atoms with E-state index >= 15 is 0 Å². The van der Waals surface area contributed by atoms with Crippen molar-refractivity contribution in [3.63, 3.8) is 0 Å². The number of rotatable bonds is 16. The quantitative estimate of drug-likeness (QED) is 0.108. The molecule has 0 aliphatic rings. The summed E-state index contributed by atoms with van der Waals surface area (Å²) >= 11 is 0. The standard InChI is InChI=1S/C33H36O4S2/c34-28(23-36-32-20-9-7-18-30(32)26-13-3-1-4-14-26)17-11-12-22-38-39-25-29(35)24-37-33-21-10-8-19-31(33)27-15-5-2-6-16-27/h1-10,13-16,18-21,28-29,34-35H,11-12,17,22-25H2. The number of hydrogen-bond acceptors (Lipinski definition) is 6. The lowest BCUT2D eigenvalue weighted by Gasteiger charge is -2.15. The molecule has 4 aromatic carbocycles. The molecule has 0 spiro atoms. The zero-order valence-corrected chi connectivity index (χ0v) is 23.7. The summed E-state index contributed by atoms with van der Waals surface area (Å²) in [5.41, 5.74) is 4.26. The normalized spacial score (nSPS) is 12.6. The van der Waals surface area contributed by atoms with Crippen molar-refractivity contribution < 1.29 is 19.7 Å². The second-order valence-corrected chi connectivity index (χ2v) is 11.9. The van der Waals surface area contributed by atoms with Gasteiger partial charge in [0.2, 0.25) is 0 Å². The van der Waals surface area contributed by atoms with Crippen molar-refractivity contribution >= 4 is 21.6 Å². The fourth-order valence-electron chi connectivity index (χ4n) is 4.13. The molecule has 0 aliphatic carbocycles. The predicted molar refractivity (Wildman–Crippen MR) is 166 cm³/mol. The van der Waals surface area contributed by atoms with Crippen molar-refractivity contribution in [1.29, 1.82) is 0 Å². The van der Waals surface area contributed by atoms with E-state index in [1.807, 2.05) is 84.9 Å². The molecule has 2 N–H and O–H groups in total. The molecule has 0 radical (unpaired) electrons. The van der Waals surface area contributed by atoms with E-state index in [1.165, 1.54) is 0 Å². The Balaban J connectivity index is 1.07. The smallest absolute Gasteiger partial charge is 0.127 e. The van der Waals surface area contributed by atoms with Crippen LogP contribution < -0.4 is 9.47 Å². The summed E-state index contributed by atoms with van der Waals surface area (Å²) in [7, 11) is 3.42. The number of ether oxygens (including phenoxy) is 2. The Morgan fingerprint density at radius 3 is 1.59 bits per heavy atom. The predicted octanol–water partition coefficient (Wildman–Crippen LogP) is 7.75. The highest BCUT2D eigenvalue weighted by atomic mass is 33.1. The van der Waals surface area contributed by atoms with Gasteiger partial charge in [0.15, 0.2) is 0 Å². The Morgan fingerprint density at radius 1 is 0.538 bits per heavy atom. The molecule has 39 heavy (non-hydrogen) atoms. The summed E-state index contributed by atoms with van der Waals surface area (Å²) in [5.74, 6) is 3.15. The second-order valence-electron chi connectivity index (χ2n) is 9.26. The van der Waals surface area contributed by atoms with Crippen molar-refractivity contribution in [2.75, 3.05) is 24.7 Å². The molecule has 4 rings (SSSR count). The van der Waals surface area contributed by atoms with E-state index < -0.39 is 12.2 Å². The van der Waals surface area contributed by atoms with Gasteiger partial charge in [0.25, 0.3) is 0 Å². The minimum absolute atomic E-state index is 0.261. The SMILES string of the molecule is OC(CCCCSSCC(O)COc1ccccc1-c1ccccc1)COc1ccccc1-c1ccccc1. The maximum atomic E-state index is 10.4. The van der Waals surface area contributed by atoms with Crippen molar-refractivity contribution in [3.8, 4) is 33.8 Å². The number of para-hydroxylation sites is 2. The van der Waals surface area contributed by atoms with Gasteiger partial charge in [0, 0.05) is 22.6 Å². The molecule has 204 valence electrons. The topological polar surface area (TPSA) is 58.9 Å². The van der Waals surface area contributed by atoms with Crippen LogP contribution in [0.5, 0.6) is 11.5 Å². The molecule has 0 saturated carbocycles. The van der Waals surface area contributed by atoms with Crippen molar-refractivity contribution in [2.24, 2.45) is 0 Å². The van der Waals surface area contributed by atoms with Crippen LogP contribution >= 0.6 is 21.6 Å². The minimum atomic E-state index is -0.538. The van der Waals surface area contributed by atoms with Gasteiger partial charge in [-0.05, 0) is 42.5 Å². The first-order chi connectivity index (χ1) is 19.2. The highest BCUT2D eigenvalue weighted by Crippen LogP contribution is 2.31. The third kappa shape index (κ3) is 9.66. The molecule has 0 saturated heterocycles. The van der Waals surface area contributed by atoms with E-state index in [1.54, 1.807) is 21.6 Å². The fourth-order valence-corrected chi connectivity index (χ4v) is 6.38. The minimum Gasteiger partial charge on any atom is -0.490 e. The summed E-state index contributed by atoms with van der Waals surface area (Å²) in [6, 6.07) is 36.1. The number of aliphatic hydroxyl groups is 2. The van der Waals surface area contributed by atoms with Crippen LogP contribution in [0.15, 0.2) is 109 Å². The highest BCUT2D eigenvalue weighted by molar-refractivity contribution is 8.76. The summed E-state index contributed by atoms with van der Waals surface area (Å²) in [5, 5.41) is 20.8. The second kappa shape index (κ2) is 16.3. The molecule has 0 heterocycles. The van der Waals surface area contributed by atoms with E-state index in [4.69, 9.17) is 9.47 Å². The fraction of sp³-hybridized carbons (Fsp3) is 0.273. The lowest BCUT2D eigenvalue weighted by Crippen LogP contribution is -2.20. The van der Waals surface area contributed by atoms with Crippen LogP contribution in [0.1, 0.15) is 19.3 Å². The summed E-state index contributed by atoms with van der Waals surface area (Å²) in [4.78, 5) is 0. The zero-order chi connectivity index (χ0) is 27.1. The van der Waals surface area contributed by atoms with Gasteiger partial charge in [0.05, 0.1) is 12.2 Å². The average Bonchev–Trinajstić information content (AvgIpc) is 2.99. The van der Waals surface area contributed by atoms with Gasteiger partial charge >= 0.3 is 0 Å². The van der Waals surface area contributed by atoms with E-state index in [9.17, 15) is 10.2 Å². The van der Waals surface area contributed by atoms with Gasteiger partial charge in [0.1, 0.15) is 24.7 Å². The molecule has 2 atom stereocenters. The van der Waals surface area contributed by atoms with E-state index in [0.717, 1.165) is 52.3 Å². The lowest BCUT2D eigenvalue weighted by atomic mass is 10.0. The van der Waals surface area contributed by atoms with Crippen molar-refractivity contribution in [3.05, 3.63) is 109 Å². The molecular formula is C33H36O4S2. The van der Waals surface area contributed by atoms with Gasteiger partial charge in [-0.15, -0.1) is 0 Å². The molecule has 0 bridgehead atoms. The first-order valence-electron chi connectivity index (χ1n) is 13.4. The van der Waals surface area contributed by atoms with Crippen LogP contribution in [0.25, 0.3) is 22.3 Å². The average molecular weight is 561 g/mol. The molecule has 4 aromatic rings. The molecule has 2 unspecified atom stereocenters. The third-order valence-electron chi connectivity index (χ3n) is 6.16. The first kappa shape index (κ1) is 29.1. The van der Waals surface area contributed by atoms with Crippen LogP contribution in [0.2, 0.25) is 0 Å². The van der Waals surface area contributed by atoms with E-state index in [-0.39, 0.29) is 13.2 Å². The zero-order valence-electron chi connectivity index (χ0n) is 22.0. The van der Waals surface area contributed by atoms with Gasteiger partial charge < -0.3 is 19.7 Å². The molecule has 0 fully saturated rings. The number of hydrogen-bond donors (Lipinski definition) is 2. The van der Waals surface area contributed by atoms with Crippen LogP contribution in [0.4, 0.5) is 0 Å². The Kier molecular flexibility index (Phi) is 12.1. The molecule has 6 heteroatoms. The van der Waals surface area contributed by atoms with Crippen LogP contribution in [-0.2, 0) is 0 Å². The number of aliphatic hydroxyl groups excluding tert-OH is 2. The Labute approximate surface area is 239 Å². The molecule has 0 amide bonds. The van der Waals surface area contributed by atoms with Gasteiger partial charge in [-0.3, -0.25) is 0 Å². The maximum Gasteiger partial charge on any atom is 0.127 e. The maximum absolute atomic E-state index is 10.4. The largest absolute Gasteiger partial charge is 0.490 e. The summed E-state index contributed by atoms with van der Waals surface area (Å²) in [6.07, 6.45) is 1.61. The monoisotopic (exact) mass is 560 g/mol. The molecule has 0 aliphatic heterocycles. The molecule has 4 nitrogen and oxygen atoms in total. The van der Waals surface area contributed by atoms with E-state index in [2.05, 4.69) is 24.3 Å².